The summed E-state index contributed by atoms with van der Waals surface area (Å²) in [7, 11) is 0. The predicted octanol–water partition coefficient (Wildman–Crippen LogP) is 1.70. The van der Waals surface area contributed by atoms with E-state index < -0.39 is 24.7 Å². The van der Waals surface area contributed by atoms with Gasteiger partial charge < -0.3 is 4.90 Å². The van der Waals surface area contributed by atoms with Gasteiger partial charge in [0.15, 0.2) is 0 Å². The van der Waals surface area contributed by atoms with E-state index in [0.29, 0.717) is 11.6 Å². The third-order valence-corrected chi connectivity index (χ3v) is 3.22. The van der Waals surface area contributed by atoms with Gasteiger partial charge in [-0.05, 0) is 5.92 Å². The van der Waals surface area contributed by atoms with Crippen LogP contribution in [-0.2, 0) is 4.79 Å². The standard InChI is InChI=1S/C10H17F3N2OS/c1-7(2)3-15(5-10(11,12)13)9(16)8-4-17-6-14-8/h7-8,14H,3-6H2,1-2H3. The maximum absolute atomic E-state index is 12.4. The van der Waals surface area contributed by atoms with E-state index in [4.69, 9.17) is 0 Å². The van der Waals surface area contributed by atoms with E-state index >= 15 is 0 Å². The van der Waals surface area contributed by atoms with Crippen molar-refractivity contribution in [1.29, 1.82) is 0 Å². The van der Waals surface area contributed by atoms with Crippen molar-refractivity contribution in [2.45, 2.75) is 26.1 Å². The molecule has 1 saturated heterocycles. The molecule has 1 atom stereocenters. The average molecular weight is 270 g/mol. The molecule has 1 aliphatic heterocycles. The highest BCUT2D eigenvalue weighted by atomic mass is 32.2. The monoisotopic (exact) mass is 270 g/mol. The Kier molecular flexibility index (Phi) is 5.12. The second-order valence-electron chi connectivity index (χ2n) is 4.50. The average Bonchev–Trinajstić information content (AvgIpc) is 2.65. The van der Waals surface area contributed by atoms with Crippen molar-refractivity contribution in [3.05, 3.63) is 0 Å². The first-order valence-electron chi connectivity index (χ1n) is 5.46. The van der Waals surface area contributed by atoms with Crippen molar-refractivity contribution in [2.75, 3.05) is 24.7 Å². The summed E-state index contributed by atoms with van der Waals surface area (Å²) in [6.45, 7) is 2.58. The number of rotatable bonds is 4. The molecule has 0 spiro atoms. The number of halogens is 3. The van der Waals surface area contributed by atoms with Gasteiger partial charge in [-0.15, -0.1) is 11.8 Å². The molecule has 1 unspecified atom stereocenters. The lowest BCUT2D eigenvalue weighted by Crippen LogP contribution is -2.49. The number of nitrogens with zero attached hydrogens (tertiary/aromatic N) is 1. The van der Waals surface area contributed by atoms with Crippen LogP contribution < -0.4 is 5.32 Å². The number of nitrogens with one attached hydrogen (secondary N) is 1. The molecule has 0 bridgehead atoms. The number of carbonyl (C=O) groups is 1. The van der Waals surface area contributed by atoms with Gasteiger partial charge in [-0.1, -0.05) is 13.8 Å². The van der Waals surface area contributed by atoms with Crippen LogP contribution in [0.2, 0.25) is 0 Å². The van der Waals surface area contributed by atoms with Crippen molar-refractivity contribution in [1.82, 2.24) is 10.2 Å². The molecule has 1 N–H and O–H groups in total. The molecule has 1 aliphatic rings. The Balaban J connectivity index is 2.63. The van der Waals surface area contributed by atoms with Gasteiger partial charge in [0, 0.05) is 18.2 Å². The number of hydrogen-bond acceptors (Lipinski definition) is 3. The zero-order chi connectivity index (χ0) is 13.1. The molecule has 0 saturated carbocycles. The summed E-state index contributed by atoms with van der Waals surface area (Å²) in [5.74, 6) is 0.750. The van der Waals surface area contributed by atoms with Crippen LogP contribution in [0, 0.1) is 5.92 Å². The number of hydrogen-bond donors (Lipinski definition) is 1. The maximum Gasteiger partial charge on any atom is 0.406 e. The summed E-state index contributed by atoms with van der Waals surface area (Å²) in [4.78, 5) is 12.8. The quantitative estimate of drug-likeness (QED) is 0.844. The molecule has 0 aromatic rings. The van der Waals surface area contributed by atoms with Gasteiger partial charge in [-0.25, -0.2) is 0 Å². The van der Waals surface area contributed by atoms with E-state index in [1.165, 1.54) is 11.8 Å². The van der Waals surface area contributed by atoms with Crippen LogP contribution in [0.5, 0.6) is 0 Å². The van der Waals surface area contributed by atoms with Gasteiger partial charge in [-0.2, -0.15) is 13.2 Å². The SMILES string of the molecule is CC(C)CN(CC(F)(F)F)C(=O)C1CSCN1. The Morgan fingerprint density at radius 3 is 2.59 bits per heavy atom. The lowest BCUT2D eigenvalue weighted by atomic mass is 10.2. The van der Waals surface area contributed by atoms with Gasteiger partial charge in [0.05, 0.1) is 6.04 Å². The van der Waals surface area contributed by atoms with Gasteiger partial charge in [0.1, 0.15) is 6.54 Å². The normalized spacial score (nSPS) is 20.9. The van der Waals surface area contributed by atoms with E-state index in [9.17, 15) is 18.0 Å². The first kappa shape index (κ1) is 14.6. The van der Waals surface area contributed by atoms with Gasteiger partial charge in [-0.3, -0.25) is 10.1 Å². The molecule has 100 valence electrons. The fourth-order valence-corrected chi connectivity index (χ4v) is 2.60. The van der Waals surface area contributed by atoms with Crippen LogP contribution >= 0.6 is 11.8 Å². The molecule has 0 aromatic carbocycles. The second kappa shape index (κ2) is 5.95. The van der Waals surface area contributed by atoms with E-state index in [1.807, 2.05) is 0 Å². The molecule has 1 rings (SSSR count). The first-order chi connectivity index (χ1) is 7.79. The molecule has 0 radical (unpaired) electrons. The van der Waals surface area contributed by atoms with Crippen LogP contribution in [0.4, 0.5) is 13.2 Å². The van der Waals surface area contributed by atoms with Crippen LogP contribution in [-0.4, -0.2) is 47.7 Å². The van der Waals surface area contributed by atoms with Crippen molar-refractivity contribution in [3.8, 4) is 0 Å². The van der Waals surface area contributed by atoms with Crippen LogP contribution in [0.15, 0.2) is 0 Å². The Bertz CT molecular complexity index is 265. The molecule has 0 aromatic heterocycles. The zero-order valence-corrected chi connectivity index (χ0v) is 10.7. The Morgan fingerprint density at radius 1 is 1.53 bits per heavy atom. The molecular weight excluding hydrogens is 253 g/mol. The fraction of sp³-hybridized carbons (Fsp3) is 0.900. The molecular formula is C10H17F3N2OS. The summed E-state index contributed by atoms with van der Waals surface area (Å²) in [5.41, 5.74) is 0. The highest BCUT2D eigenvalue weighted by Gasteiger charge is 2.36. The highest BCUT2D eigenvalue weighted by Crippen LogP contribution is 2.20. The summed E-state index contributed by atoms with van der Waals surface area (Å²) in [6, 6.07) is -0.471. The Hall–Kier alpha value is -0.430. The summed E-state index contributed by atoms with van der Waals surface area (Å²) < 4.78 is 37.2. The smallest absolute Gasteiger partial charge is 0.332 e. The molecule has 1 amide bonds. The molecule has 7 heteroatoms. The number of alkyl halides is 3. The molecule has 1 fully saturated rings. The minimum absolute atomic E-state index is 0.0235. The van der Waals surface area contributed by atoms with Crippen molar-refractivity contribution >= 4 is 17.7 Å². The van der Waals surface area contributed by atoms with E-state index in [2.05, 4.69) is 5.32 Å². The molecule has 1 heterocycles. The largest absolute Gasteiger partial charge is 0.406 e. The lowest BCUT2D eigenvalue weighted by molar-refractivity contribution is -0.163. The molecule has 17 heavy (non-hydrogen) atoms. The van der Waals surface area contributed by atoms with E-state index in [1.54, 1.807) is 13.8 Å². The second-order valence-corrected chi connectivity index (χ2v) is 5.53. The Morgan fingerprint density at radius 2 is 2.18 bits per heavy atom. The minimum Gasteiger partial charge on any atom is -0.332 e. The van der Waals surface area contributed by atoms with Gasteiger partial charge in [0.2, 0.25) is 5.91 Å². The summed E-state index contributed by atoms with van der Waals surface area (Å²) >= 11 is 1.52. The van der Waals surface area contributed by atoms with Crippen molar-refractivity contribution < 1.29 is 18.0 Å². The number of thioether (sulfide) groups is 1. The van der Waals surface area contributed by atoms with Crippen molar-refractivity contribution in [3.63, 3.8) is 0 Å². The summed E-state index contributed by atoms with van der Waals surface area (Å²) in [6.07, 6.45) is -4.34. The maximum atomic E-state index is 12.4. The van der Waals surface area contributed by atoms with Gasteiger partial charge >= 0.3 is 6.18 Å². The lowest BCUT2D eigenvalue weighted by Gasteiger charge is -2.27. The predicted molar refractivity (Wildman–Crippen MR) is 61.7 cm³/mol. The van der Waals surface area contributed by atoms with Crippen LogP contribution in [0.25, 0.3) is 0 Å². The highest BCUT2D eigenvalue weighted by molar-refractivity contribution is 7.99. The van der Waals surface area contributed by atoms with Crippen LogP contribution in [0.3, 0.4) is 0 Å². The molecule has 3 nitrogen and oxygen atoms in total. The van der Waals surface area contributed by atoms with Gasteiger partial charge in [0.25, 0.3) is 0 Å². The number of carbonyl (C=O) groups excluding carboxylic acids is 1. The zero-order valence-electron chi connectivity index (χ0n) is 9.88. The first-order valence-corrected chi connectivity index (χ1v) is 6.61. The third-order valence-electron chi connectivity index (χ3n) is 2.28. The number of amides is 1. The Labute approximate surface area is 103 Å². The third kappa shape index (κ3) is 5.16. The minimum atomic E-state index is -4.34. The van der Waals surface area contributed by atoms with Crippen molar-refractivity contribution in [2.24, 2.45) is 5.92 Å². The fourth-order valence-electron chi connectivity index (χ4n) is 1.66. The topological polar surface area (TPSA) is 32.3 Å². The van der Waals surface area contributed by atoms with Crippen LogP contribution in [0.1, 0.15) is 13.8 Å². The van der Waals surface area contributed by atoms with E-state index in [0.717, 1.165) is 4.90 Å². The summed E-state index contributed by atoms with van der Waals surface area (Å²) in [5, 5.41) is 2.90. The molecule has 0 aliphatic carbocycles. The van der Waals surface area contributed by atoms with E-state index in [-0.39, 0.29) is 12.5 Å².